The van der Waals surface area contributed by atoms with Gasteiger partial charge in [-0.25, -0.2) is 0 Å². The predicted octanol–water partition coefficient (Wildman–Crippen LogP) is 7.43. The Bertz CT molecular complexity index is 1060. The van der Waals surface area contributed by atoms with E-state index in [2.05, 4.69) is 74.9 Å². The van der Waals surface area contributed by atoms with Crippen LogP contribution in [0.4, 0.5) is 0 Å². The molecule has 0 atom stereocenters. The van der Waals surface area contributed by atoms with Gasteiger partial charge >= 0.3 is 0 Å². The molecule has 0 unspecified atom stereocenters. The van der Waals surface area contributed by atoms with E-state index in [1.807, 2.05) is 0 Å². The molecule has 0 radical (unpaired) electrons. The molecule has 0 saturated carbocycles. The van der Waals surface area contributed by atoms with Crippen molar-refractivity contribution in [2.45, 2.75) is 84.6 Å². The molecule has 3 heterocycles. The van der Waals surface area contributed by atoms with E-state index in [1.54, 1.807) is 0 Å². The molecule has 0 aliphatic carbocycles. The number of nitrogens with one attached hydrogen (secondary N) is 2. The van der Waals surface area contributed by atoms with E-state index < -0.39 is 0 Å². The van der Waals surface area contributed by atoms with Crippen molar-refractivity contribution in [3.05, 3.63) is 52.7 Å². The average molecular weight is 462 g/mol. The van der Waals surface area contributed by atoms with Crippen LogP contribution in [0.25, 0.3) is 16.5 Å². The summed E-state index contributed by atoms with van der Waals surface area (Å²) in [5.74, 6) is 1.06. The predicted molar refractivity (Wildman–Crippen MR) is 145 cm³/mol. The first-order valence-corrected chi connectivity index (χ1v) is 13.4. The highest BCUT2D eigenvalue weighted by Gasteiger charge is 2.30. The molecule has 2 fully saturated rings. The highest BCUT2D eigenvalue weighted by atomic mass is 16.5. The lowest BCUT2D eigenvalue weighted by atomic mass is 9.87. The summed E-state index contributed by atoms with van der Waals surface area (Å²) in [6.45, 7) is 15.2. The Morgan fingerprint density at radius 2 is 1.94 bits per heavy atom. The maximum atomic E-state index is 8.46. The van der Waals surface area contributed by atoms with Gasteiger partial charge in [-0.3, -0.25) is 4.90 Å². The molecule has 0 bridgehead atoms. The summed E-state index contributed by atoms with van der Waals surface area (Å²) in [6.07, 6.45) is 9.73. The topological polar surface area (TPSA) is 52.1 Å². The molecule has 2 aromatic rings. The van der Waals surface area contributed by atoms with Gasteiger partial charge in [-0.15, -0.1) is 0 Å². The second-order valence-corrected chi connectivity index (χ2v) is 10.4. The Kier molecular flexibility index (Phi) is 8.10. The molecule has 0 spiro atoms. The molecule has 2 aliphatic rings. The van der Waals surface area contributed by atoms with Crippen LogP contribution in [-0.2, 0) is 4.74 Å². The summed E-state index contributed by atoms with van der Waals surface area (Å²) in [7, 11) is 0. The molecule has 4 heteroatoms. The number of hydrogen-bond acceptors (Lipinski definition) is 3. The zero-order chi connectivity index (χ0) is 24.2. The SMILES string of the molecule is C/C=C(\C=C(\CCC)C(=N)CC)c1[nH]c2ccc(C3CCN(C4COC4)CC3)cc2c1C(C)C. The number of piperidine rings is 1. The Hall–Kier alpha value is -2.17. The highest BCUT2D eigenvalue weighted by molar-refractivity contribution is 6.01. The van der Waals surface area contributed by atoms with Crippen molar-refractivity contribution in [1.82, 2.24) is 9.88 Å². The van der Waals surface area contributed by atoms with Gasteiger partial charge in [0.15, 0.2) is 0 Å². The van der Waals surface area contributed by atoms with E-state index in [0.717, 1.165) is 43.8 Å². The number of H-pyrrole nitrogens is 1. The van der Waals surface area contributed by atoms with Gasteiger partial charge in [-0.05, 0) is 98.0 Å². The van der Waals surface area contributed by atoms with Gasteiger partial charge in [0.2, 0.25) is 0 Å². The van der Waals surface area contributed by atoms with Crippen LogP contribution in [0.2, 0.25) is 0 Å². The van der Waals surface area contributed by atoms with Crippen molar-refractivity contribution < 1.29 is 4.74 Å². The van der Waals surface area contributed by atoms with Gasteiger partial charge in [0.05, 0.1) is 19.3 Å². The zero-order valence-electron chi connectivity index (χ0n) is 21.8. The van der Waals surface area contributed by atoms with Gasteiger partial charge in [-0.2, -0.15) is 0 Å². The van der Waals surface area contributed by atoms with E-state index in [4.69, 9.17) is 10.1 Å². The summed E-state index contributed by atoms with van der Waals surface area (Å²) in [5, 5.41) is 9.82. The molecular formula is C30H43N3O. The Balaban J connectivity index is 1.66. The lowest BCUT2D eigenvalue weighted by Gasteiger charge is -2.41. The molecule has 0 amide bonds. The molecule has 1 aromatic carbocycles. The fourth-order valence-electron chi connectivity index (χ4n) is 5.64. The maximum Gasteiger partial charge on any atom is 0.0645 e. The first kappa shape index (κ1) is 24.9. The standard InChI is InChI=1S/C30H43N3O/c1-6-9-24(27(31)8-3)16-21(7-2)30-29(20(4)5)26-17-23(10-11-28(26)32-30)22-12-14-33(15-13-22)25-18-34-19-25/h7,10-11,16-17,20,22,25,31-32H,6,8-9,12-15,18-19H2,1-5H3/b21-7+,24-16-,31-27?. The van der Waals surface area contributed by atoms with Crippen LogP contribution in [-0.4, -0.2) is 47.9 Å². The lowest BCUT2D eigenvalue weighted by molar-refractivity contribution is -0.0712. The summed E-state index contributed by atoms with van der Waals surface area (Å²) in [5.41, 5.74) is 8.47. The second-order valence-electron chi connectivity index (χ2n) is 10.4. The quantitative estimate of drug-likeness (QED) is 0.301. The number of likely N-dealkylation sites (tertiary alicyclic amines) is 1. The Labute approximate surface area is 206 Å². The zero-order valence-corrected chi connectivity index (χ0v) is 21.8. The lowest BCUT2D eigenvalue weighted by Crippen LogP contribution is -2.51. The normalized spacial score (nSPS) is 19.2. The Morgan fingerprint density at radius 1 is 1.21 bits per heavy atom. The largest absolute Gasteiger partial charge is 0.378 e. The summed E-state index contributed by atoms with van der Waals surface area (Å²) in [6, 6.07) is 7.77. The minimum atomic E-state index is 0.420. The highest BCUT2D eigenvalue weighted by Crippen LogP contribution is 2.38. The van der Waals surface area contributed by atoms with Gasteiger partial charge in [0.1, 0.15) is 0 Å². The van der Waals surface area contributed by atoms with Gasteiger partial charge in [0.25, 0.3) is 0 Å². The molecule has 4 rings (SSSR count). The van der Waals surface area contributed by atoms with Crippen LogP contribution in [0.5, 0.6) is 0 Å². The first-order valence-electron chi connectivity index (χ1n) is 13.4. The van der Waals surface area contributed by atoms with Crippen LogP contribution < -0.4 is 0 Å². The molecule has 34 heavy (non-hydrogen) atoms. The molecular weight excluding hydrogens is 418 g/mol. The van der Waals surface area contributed by atoms with E-state index in [1.165, 1.54) is 59.2 Å². The van der Waals surface area contributed by atoms with Gasteiger partial charge < -0.3 is 15.1 Å². The third kappa shape index (κ3) is 5.08. The number of benzene rings is 1. The number of aromatic nitrogens is 1. The molecule has 4 nitrogen and oxygen atoms in total. The van der Waals surface area contributed by atoms with Crippen molar-refractivity contribution in [1.29, 1.82) is 5.41 Å². The fraction of sp³-hybridized carbons (Fsp3) is 0.567. The minimum Gasteiger partial charge on any atom is -0.378 e. The molecule has 2 N–H and O–H groups in total. The average Bonchev–Trinajstić information content (AvgIpc) is 3.19. The van der Waals surface area contributed by atoms with Gasteiger partial charge in [-0.1, -0.05) is 46.3 Å². The van der Waals surface area contributed by atoms with Crippen molar-refractivity contribution >= 4 is 22.2 Å². The summed E-state index contributed by atoms with van der Waals surface area (Å²) >= 11 is 0. The maximum absolute atomic E-state index is 8.46. The van der Waals surface area contributed by atoms with Crippen LogP contribution in [0.1, 0.15) is 95.4 Å². The number of nitrogens with zero attached hydrogens (tertiary/aromatic N) is 1. The van der Waals surface area contributed by atoms with E-state index in [0.29, 0.717) is 17.9 Å². The third-order valence-corrected chi connectivity index (χ3v) is 7.77. The third-order valence-electron chi connectivity index (χ3n) is 7.77. The van der Waals surface area contributed by atoms with Crippen LogP contribution in [0.15, 0.2) is 35.9 Å². The van der Waals surface area contributed by atoms with Gasteiger partial charge in [0, 0.05) is 22.3 Å². The van der Waals surface area contributed by atoms with E-state index >= 15 is 0 Å². The van der Waals surface area contributed by atoms with Crippen LogP contribution in [0, 0.1) is 5.41 Å². The van der Waals surface area contributed by atoms with Crippen molar-refractivity contribution in [3.8, 4) is 0 Å². The molecule has 184 valence electrons. The van der Waals surface area contributed by atoms with Crippen molar-refractivity contribution in [3.63, 3.8) is 0 Å². The van der Waals surface area contributed by atoms with E-state index in [9.17, 15) is 0 Å². The minimum absolute atomic E-state index is 0.420. The molecule has 2 saturated heterocycles. The summed E-state index contributed by atoms with van der Waals surface area (Å²) < 4.78 is 5.41. The second kappa shape index (κ2) is 11.0. The number of aromatic amines is 1. The van der Waals surface area contributed by atoms with Crippen molar-refractivity contribution in [2.24, 2.45) is 0 Å². The molecule has 2 aliphatic heterocycles. The number of allylic oxidation sites excluding steroid dienone is 4. The number of hydrogen-bond donors (Lipinski definition) is 2. The molecule has 1 aromatic heterocycles. The number of fused-ring (bicyclic) bond motifs is 1. The van der Waals surface area contributed by atoms with E-state index in [-0.39, 0.29) is 0 Å². The fourth-order valence-corrected chi connectivity index (χ4v) is 5.64. The van der Waals surface area contributed by atoms with Crippen LogP contribution in [0.3, 0.4) is 0 Å². The first-order chi connectivity index (χ1) is 16.5. The smallest absolute Gasteiger partial charge is 0.0645 e. The number of ether oxygens (including phenoxy) is 1. The summed E-state index contributed by atoms with van der Waals surface area (Å²) in [4.78, 5) is 6.39. The Morgan fingerprint density at radius 3 is 2.50 bits per heavy atom. The van der Waals surface area contributed by atoms with Crippen LogP contribution >= 0.6 is 0 Å². The monoisotopic (exact) mass is 461 g/mol. The number of rotatable bonds is 9. The van der Waals surface area contributed by atoms with Crippen molar-refractivity contribution in [2.75, 3.05) is 26.3 Å².